The van der Waals surface area contributed by atoms with Crippen LogP contribution in [0.1, 0.15) is 5.56 Å². The Kier molecular flexibility index (Phi) is 4.14. The van der Waals surface area contributed by atoms with Crippen LogP contribution >= 0.6 is 0 Å². The van der Waals surface area contributed by atoms with Gasteiger partial charge in [0.15, 0.2) is 5.78 Å². The van der Waals surface area contributed by atoms with Crippen LogP contribution in [-0.2, 0) is 25.7 Å². The van der Waals surface area contributed by atoms with E-state index in [-0.39, 0.29) is 24.6 Å². The number of esters is 1. The second-order valence-corrected chi connectivity index (χ2v) is 4.11. The molecule has 2 rings (SSSR count). The van der Waals surface area contributed by atoms with Crippen LogP contribution in [-0.4, -0.2) is 36.4 Å². The van der Waals surface area contributed by atoms with Crippen LogP contribution in [0, 0.1) is 0 Å². The Bertz CT molecular complexity index is 564. The van der Waals surface area contributed by atoms with Crippen molar-refractivity contribution in [1.29, 1.82) is 0 Å². The number of carbonyl (C=O) groups excluding carboxylic acids is 3. The molecule has 1 aliphatic rings. The Morgan fingerprint density at radius 1 is 1.25 bits per heavy atom. The Morgan fingerprint density at radius 2 is 1.95 bits per heavy atom. The largest absolute Gasteiger partial charge is 0.464 e. The third-order valence-electron chi connectivity index (χ3n) is 2.72. The minimum absolute atomic E-state index is 0.0683. The molecular weight excluding hydrogens is 262 g/mol. The fourth-order valence-electron chi connectivity index (χ4n) is 1.75. The first kappa shape index (κ1) is 13.8. The molecule has 20 heavy (non-hydrogen) atoms. The van der Waals surface area contributed by atoms with E-state index in [0.29, 0.717) is 0 Å². The van der Waals surface area contributed by atoms with Gasteiger partial charge in [-0.05, 0) is 5.56 Å². The van der Waals surface area contributed by atoms with Gasteiger partial charge in [-0.15, -0.1) is 0 Å². The van der Waals surface area contributed by atoms with Gasteiger partial charge >= 0.3 is 12.1 Å². The number of ether oxygens (including phenoxy) is 2. The number of amides is 1. The standard InChI is InChI=1S/C14H13NO5/c1-19-13(17)12-7-11(16)8-15(12)14(18)20-9-10-5-3-2-4-6-10/h2-7H,8-9H2,1H3. The molecule has 0 fully saturated rings. The fraction of sp³-hybridized carbons (Fsp3) is 0.214. The van der Waals surface area contributed by atoms with Gasteiger partial charge in [0, 0.05) is 6.08 Å². The molecule has 0 aromatic heterocycles. The van der Waals surface area contributed by atoms with Gasteiger partial charge in [-0.1, -0.05) is 30.3 Å². The quantitative estimate of drug-likeness (QED) is 0.777. The predicted molar refractivity (Wildman–Crippen MR) is 68.4 cm³/mol. The number of nitrogens with zero attached hydrogens (tertiary/aromatic N) is 1. The third-order valence-corrected chi connectivity index (χ3v) is 2.72. The number of hydrogen-bond acceptors (Lipinski definition) is 5. The van der Waals surface area contributed by atoms with Crippen molar-refractivity contribution < 1.29 is 23.9 Å². The molecule has 1 aliphatic heterocycles. The fourth-order valence-corrected chi connectivity index (χ4v) is 1.75. The Labute approximate surface area is 115 Å². The lowest BCUT2D eigenvalue weighted by Crippen LogP contribution is -2.33. The monoisotopic (exact) mass is 275 g/mol. The zero-order valence-electron chi connectivity index (χ0n) is 10.9. The van der Waals surface area contributed by atoms with Crippen molar-refractivity contribution in [2.45, 2.75) is 6.61 Å². The highest BCUT2D eigenvalue weighted by molar-refractivity contribution is 6.07. The van der Waals surface area contributed by atoms with E-state index in [4.69, 9.17) is 4.74 Å². The van der Waals surface area contributed by atoms with Gasteiger partial charge in [0.25, 0.3) is 0 Å². The van der Waals surface area contributed by atoms with E-state index in [0.717, 1.165) is 16.5 Å². The molecule has 0 atom stereocenters. The minimum Gasteiger partial charge on any atom is -0.464 e. The zero-order valence-corrected chi connectivity index (χ0v) is 10.9. The summed E-state index contributed by atoms with van der Waals surface area (Å²) in [5.74, 6) is -1.09. The third kappa shape index (κ3) is 3.03. The summed E-state index contributed by atoms with van der Waals surface area (Å²) in [5.41, 5.74) is 0.713. The van der Waals surface area contributed by atoms with Crippen LogP contribution < -0.4 is 0 Å². The Morgan fingerprint density at radius 3 is 2.60 bits per heavy atom. The molecule has 1 heterocycles. The summed E-state index contributed by atoms with van der Waals surface area (Å²) in [6, 6.07) is 9.10. The second-order valence-electron chi connectivity index (χ2n) is 4.11. The van der Waals surface area contributed by atoms with Crippen LogP contribution in [0.2, 0.25) is 0 Å². The number of benzene rings is 1. The van der Waals surface area contributed by atoms with E-state index < -0.39 is 12.1 Å². The molecule has 1 amide bonds. The lowest BCUT2D eigenvalue weighted by molar-refractivity contribution is -0.137. The molecule has 0 bridgehead atoms. The van der Waals surface area contributed by atoms with Crippen molar-refractivity contribution in [2.24, 2.45) is 0 Å². The number of methoxy groups -OCH3 is 1. The lowest BCUT2D eigenvalue weighted by atomic mass is 10.2. The van der Waals surface area contributed by atoms with Gasteiger partial charge in [-0.2, -0.15) is 0 Å². The summed E-state index contributed by atoms with van der Waals surface area (Å²) in [6.45, 7) is -0.142. The molecule has 0 spiro atoms. The molecule has 1 aromatic rings. The highest BCUT2D eigenvalue weighted by atomic mass is 16.6. The highest BCUT2D eigenvalue weighted by Crippen LogP contribution is 2.16. The number of rotatable bonds is 3. The average Bonchev–Trinajstić information content (AvgIpc) is 2.87. The van der Waals surface area contributed by atoms with Crippen LogP contribution in [0.25, 0.3) is 0 Å². The predicted octanol–water partition coefficient (Wildman–Crippen LogP) is 1.26. The summed E-state index contributed by atoms with van der Waals surface area (Å²) >= 11 is 0. The Balaban J connectivity index is 2.00. The molecule has 104 valence electrons. The van der Waals surface area contributed by atoms with E-state index in [9.17, 15) is 14.4 Å². The zero-order chi connectivity index (χ0) is 14.5. The van der Waals surface area contributed by atoms with Crippen molar-refractivity contribution >= 4 is 17.8 Å². The van der Waals surface area contributed by atoms with Gasteiger partial charge in [-0.3, -0.25) is 9.69 Å². The first-order valence-electron chi connectivity index (χ1n) is 5.93. The number of hydrogen-bond donors (Lipinski definition) is 0. The van der Waals surface area contributed by atoms with Crippen LogP contribution in [0.15, 0.2) is 42.1 Å². The van der Waals surface area contributed by atoms with Gasteiger partial charge in [0.05, 0.1) is 13.7 Å². The van der Waals surface area contributed by atoms with E-state index >= 15 is 0 Å². The maximum atomic E-state index is 11.9. The van der Waals surface area contributed by atoms with E-state index in [1.807, 2.05) is 18.2 Å². The van der Waals surface area contributed by atoms with Crippen molar-refractivity contribution in [3.05, 3.63) is 47.7 Å². The SMILES string of the molecule is COC(=O)C1=CC(=O)CN1C(=O)OCc1ccccc1. The number of carbonyl (C=O) groups is 3. The molecule has 0 aliphatic carbocycles. The molecular formula is C14H13NO5. The summed E-state index contributed by atoms with van der Waals surface area (Å²) in [4.78, 5) is 35.7. The molecule has 6 heteroatoms. The van der Waals surface area contributed by atoms with Crippen molar-refractivity contribution in [3.63, 3.8) is 0 Å². The van der Waals surface area contributed by atoms with Gasteiger partial charge in [0.1, 0.15) is 12.3 Å². The molecule has 6 nitrogen and oxygen atoms in total. The lowest BCUT2D eigenvalue weighted by Gasteiger charge is -2.17. The maximum absolute atomic E-state index is 11.9. The first-order valence-corrected chi connectivity index (χ1v) is 5.93. The Hall–Kier alpha value is -2.63. The van der Waals surface area contributed by atoms with Gasteiger partial charge in [0.2, 0.25) is 0 Å². The summed E-state index contributed by atoms with van der Waals surface area (Å²) in [5, 5.41) is 0. The van der Waals surface area contributed by atoms with Crippen LogP contribution in [0.4, 0.5) is 4.79 Å². The maximum Gasteiger partial charge on any atom is 0.415 e. The minimum atomic E-state index is -0.753. The van der Waals surface area contributed by atoms with Crippen molar-refractivity contribution in [2.75, 3.05) is 13.7 Å². The second kappa shape index (κ2) is 6.01. The number of ketones is 1. The van der Waals surface area contributed by atoms with Crippen molar-refractivity contribution in [1.82, 2.24) is 4.90 Å². The highest BCUT2D eigenvalue weighted by Gasteiger charge is 2.33. The first-order chi connectivity index (χ1) is 9.61. The van der Waals surface area contributed by atoms with E-state index in [1.165, 1.54) is 7.11 Å². The van der Waals surface area contributed by atoms with Crippen LogP contribution in [0.5, 0.6) is 0 Å². The molecule has 0 saturated carbocycles. The topological polar surface area (TPSA) is 72.9 Å². The van der Waals surface area contributed by atoms with Gasteiger partial charge < -0.3 is 9.47 Å². The molecule has 0 radical (unpaired) electrons. The molecule has 0 unspecified atom stereocenters. The molecule has 0 saturated heterocycles. The smallest absolute Gasteiger partial charge is 0.415 e. The average molecular weight is 275 g/mol. The summed E-state index contributed by atoms with van der Waals surface area (Å²) in [7, 11) is 1.18. The normalized spacial score (nSPS) is 13.9. The van der Waals surface area contributed by atoms with E-state index in [1.54, 1.807) is 12.1 Å². The summed E-state index contributed by atoms with van der Waals surface area (Å²) in [6.07, 6.45) is 0.326. The summed E-state index contributed by atoms with van der Waals surface area (Å²) < 4.78 is 9.59. The van der Waals surface area contributed by atoms with Gasteiger partial charge in [-0.25, -0.2) is 9.59 Å². The molecule has 1 aromatic carbocycles. The van der Waals surface area contributed by atoms with Crippen LogP contribution in [0.3, 0.4) is 0 Å². The van der Waals surface area contributed by atoms with Crippen molar-refractivity contribution in [3.8, 4) is 0 Å². The van der Waals surface area contributed by atoms with E-state index in [2.05, 4.69) is 4.74 Å². The molecule has 0 N–H and O–H groups in total.